The summed E-state index contributed by atoms with van der Waals surface area (Å²) in [7, 11) is 0. The Labute approximate surface area is 104 Å². The van der Waals surface area contributed by atoms with Gasteiger partial charge in [-0.2, -0.15) is 0 Å². The zero-order chi connectivity index (χ0) is 13.0. The highest BCUT2D eigenvalue weighted by molar-refractivity contribution is 5.44. The number of hydrogen-bond donors (Lipinski definition) is 2. The van der Waals surface area contributed by atoms with Gasteiger partial charge in [-0.25, -0.2) is 8.78 Å². The molecule has 18 heavy (non-hydrogen) atoms. The van der Waals surface area contributed by atoms with Crippen LogP contribution in [-0.2, 0) is 4.74 Å². The van der Waals surface area contributed by atoms with Crippen LogP contribution in [0.15, 0.2) is 18.2 Å². The summed E-state index contributed by atoms with van der Waals surface area (Å²) in [5.41, 5.74) is 0.960. The molecule has 1 heterocycles. The molecular formula is C12H15F2NO3. The normalized spacial score (nSPS) is 17.8. The lowest BCUT2D eigenvalue weighted by molar-refractivity contribution is 0.0180. The Balaban J connectivity index is 1.76. The number of rotatable bonds is 6. The highest BCUT2D eigenvalue weighted by Gasteiger charge is 2.23. The molecule has 1 atom stereocenters. The molecule has 1 aromatic rings. The molecule has 0 saturated heterocycles. The fourth-order valence-electron chi connectivity index (χ4n) is 1.85. The maximum absolute atomic E-state index is 11.8. The summed E-state index contributed by atoms with van der Waals surface area (Å²) < 4.78 is 33.8. The molecule has 2 rings (SSSR count). The molecule has 0 spiro atoms. The van der Waals surface area contributed by atoms with Crippen LogP contribution in [0.4, 0.5) is 8.78 Å². The van der Waals surface area contributed by atoms with E-state index in [1.54, 1.807) is 18.2 Å². The van der Waals surface area contributed by atoms with Gasteiger partial charge in [0.15, 0.2) is 0 Å². The topological polar surface area (TPSA) is 50.7 Å². The van der Waals surface area contributed by atoms with E-state index in [2.05, 4.69) is 5.32 Å². The highest BCUT2D eigenvalue weighted by Crippen LogP contribution is 2.34. The Morgan fingerprint density at radius 1 is 1.50 bits per heavy atom. The summed E-state index contributed by atoms with van der Waals surface area (Å²) in [6.07, 6.45) is -2.43. The number of aromatic hydroxyl groups is 1. The van der Waals surface area contributed by atoms with Crippen LogP contribution in [0, 0.1) is 0 Å². The fraction of sp³-hybridized carbons (Fsp3) is 0.500. The number of nitrogens with one attached hydrogen (secondary N) is 1. The van der Waals surface area contributed by atoms with Gasteiger partial charge < -0.3 is 19.9 Å². The van der Waals surface area contributed by atoms with Gasteiger partial charge in [0, 0.05) is 18.2 Å². The van der Waals surface area contributed by atoms with E-state index in [-0.39, 0.29) is 18.4 Å². The number of phenols is 1. The van der Waals surface area contributed by atoms with Crippen molar-refractivity contribution >= 4 is 0 Å². The molecule has 0 fully saturated rings. The predicted molar refractivity (Wildman–Crippen MR) is 61.2 cm³/mol. The number of ether oxygens (including phenoxy) is 2. The van der Waals surface area contributed by atoms with Crippen molar-refractivity contribution in [2.45, 2.75) is 12.5 Å². The van der Waals surface area contributed by atoms with Crippen molar-refractivity contribution in [2.75, 3.05) is 26.4 Å². The van der Waals surface area contributed by atoms with E-state index in [1.807, 2.05) is 0 Å². The van der Waals surface area contributed by atoms with E-state index in [9.17, 15) is 13.9 Å². The van der Waals surface area contributed by atoms with Crippen LogP contribution in [0.5, 0.6) is 11.5 Å². The van der Waals surface area contributed by atoms with Crippen molar-refractivity contribution in [3.63, 3.8) is 0 Å². The van der Waals surface area contributed by atoms with Crippen LogP contribution < -0.4 is 10.1 Å². The standard InChI is InChI=1S/C12H15F2NO3/c13-12(14)7-17-4-3-15-10-6-18-11-5-8(16)1-2-9(10)11/h1-2,5,10,12,15-16H,3-4,6-7H2. The van der Waals surface area contributed by atoms with Gasteiger partial charge in [0.05, 0.1) is 12.6 Å². The first-order valence-electron chi connectivity index (χ1n) is 5.72. The summed E-state index contributed by atoms with van der Waals surface area (Å²) >= 11 is 0. The van der Waals surface area contributed by atoms with E-state index in [4.69, 9.17) is 9.47 Å². The van der Waals surface area contributed by atoms with E-state index < -0.39 is 13.0 Å². The van der Waals surface area contributed by atoms with Crippen molar-refractivity contribution < 1.29 is 23.4 Å². The SMILES string of the molecule is Oc1ccc2c(c1)OCC2NCCOCC(F)F. The number of phenolic OH excluding ortho intramolecular Hbond substituents is 1. The van der Waals surface area contributed by atoms with Gasteiger partial charge >= 0.3 is 0 Å². The Morgan fingerprint density at radius 2 is 2.33 bits per heavy atom. The number of alkyl halides is 2. The molecule has 0 amide bonds. The Morgan fingerprint density at radius 3 is 3.11 bits per heavy atom. The number of fused-ring (bicyclic) bond motifs is 1. The third-order valence-corrected chi connectivity index (χ3v) is 2.66. The molecule has 100 valence electrons. The maximum atomic E-state index is 11.8. The van der Waals surface area contributed by atoms with Crippen molar-refractivity contribution in [2.24, 2.45) is 0 Å². The summed E-state index contributed by atoms with van der Waals surface area (Å²) in [4.78, 5) is 0. The van der Waals surface area contributed by atoms with Crippen LogP contribution in [-0.4, -0.2) is 37.9 Å². The quantitative estimate of drug-likeness (QED) is 0.763. The first-order chi connectivity index (χ1) is 8.66. The van der Waals surface area contributed by atoms with Crippen molar-refractivity contribution in [1.82, 2.24) is 5.32 Å². The van der Waals surface area contributed by atoms with Crippen LogP contribution in [0.25, 0.3) is 0 Å². The number of benzene rings is 1. The van der Waals surface area contributed by atoms with Crippen LogP contribution in [0.3, 0.4) is 0 Å². The third-order valence-electron chi connectivity index (χ3n) is 2.66. The lowest BCUT2D eigenvalue weighted by Gasteiger charge is -2.11. The molecule has 1 aliphatic rings. The second-order valence-electron chi connectivity index (χ2n) is 4.01. The molecule has 0 aromatic heterocycles. The minimum absolute atomic E-state index is 0.00995. The first-order valence-corrected chi connectivity index (χ1v) is 5.72. The van der Waals surface area contributed by atoms with Crippen molar-refractivity contribution in [3.8, 4) is 11.5 Å². The van der Waals surface area contributed by atoms with Gasteiger partial charge in [-0.1, -0.05) is 0 Å². The summed E-state index contributed by atoms with van der Waals surface area (Å²) in [6, 6.07) is 4.95. The largest absolute Gasteiger partial charge is 0.508 e. The van der Waals surface area contributed by atoms with Gasteiger partial charge in [0.1, 0.15) is 24.7 Å². The minimum Gasteiger partial charge on any atom is -0.508 e. The first kappa shape index (κ1) is 13.0. The number of hydrogen-bond acceptors (Lipinski definition) is 4. The second-order valence-corrected chi connectivity index (χ2v) is 4.01. The lowest BCUT2D eigenvalue weighted by Crippen LogP contribution is -2.26. The van der Waals surface area contributed by atoms with Crippen molar-refractivity contribution in [1.29, 1.82) is 0 Å². The summed E-state index contributed by atoms with van der Waals surface area (Å²) in [5.74, 6) is 0.815. The van der Waals surface area contributed by atoms with Crippen LogP contribution in [0.2, 0.25) is 0 Å². The monoisotopic (exact) mass is 259 g/mol. The molecule has 6 heteroatoms. The van der Waals surface area contributed by atoms with E-state index in [0.29, 0.717) is 18.9 Å². The summed E-state index contributed by atoms with van der Waals surface area (Å²) in [5, 5.41) is 12.4. The van der Waals surface area contributed by atoms with E-state index in [0.717, 1.165) is 5.56 Å². The molecule has 2 N–H and O–H groups in total. The zero-order valence-corrected chi connectivity index (χ0v) is 9.73. The molecule has 1 aliphatic heterocycles. The van der Waals surface area contributed by atoms with E-state index in [1.165, 1.54) is 0 Å². The van der Waals surface area contributed by atoms with Crippen LogP contribution >= 0.6 is 0 Å². The molecule has 0 aliphatic carbocycles. The van der Waals surface area contributed by atoms with E-state index >= 15 is 0 Å². The summed E-state index contributed by atoms with van der Waals surface area (Å²) in [6.45, 7) is 0.635. The lowest BCUT2D eigenvalue weighted by atomic mass is 10.1. The van der Waals surface area contributed by atoms with Crippen LogP contribution in [0.1, 0.15) is 11.6 Å². The molecule has 0 radical (unpaired) electrons. The minimum atomic E-state index is -2.43. The molecule has 0 bridgehead atoms. The second kappa shape index (κ2) is 5.97. The average Bonchev–Trinajstić information content (AvgIpc) is 2.70. The number of halogens is 2. The van der Waals surface area contributed by atoms with Gasteiger partial charge in [0.25, 0.3) is 6.43 Å². The average molecular weight is 259 g/mol. The smallest absolute Gasteiger partial charge is 0.261 e. The maximum Gasteiger partial charge on any atom is 0.261 e. The van der Waals surface area contributed by atoms with Gasteiger partial charge in [-0.05, 0) is 12.1 Å². The molecule has 1 unspecified atom stereocenters. The predicted octanol–water partition coefficient (Wildman–Crippen LogP) is 1.70. The zero-order valence-electron chi connectivity index (χ0n) is 9.73. The van der Waals surface area contributed by atoms with Gasteiger partial charge in [0.2, 0.25) is 0 Å². The molecule has 4 nitrogen and oxygen atoms in total. The Kier molecular flexibility index (Phi) is 4.33. The Hall–Kier alpha value is -1.40. The molecule has 0 saturated carbocycles. The Bertz CT molecular complexity index is 401. The highest BCUT2D eigenvalue weighted by atomic mass is 19.3. The van der Waals surface area contributed by atoms with Gasteiger partial charge in [-0.15, -0.1) is 0 Å². The molecular weight excluding hydrogens is 244 g/mol. The van der Waals surface area contributed by atoms with Gasteiger partial charge in [-0.3, -0.25) is 0 Å². The molecule has 1 aromatic carbocycles. The van der Waals surface area contributed by atoms with Crippen molar-refractivity contribution in [3.05, 3.63) is 23.8 Å². The fourth-order valence-corrected chi connectivity index (χ4v) is 1.85. The third kappa shape index (κ3) is 3.30.